The third-order valence-corrected chi connectivity index (χ3v) is 7.95. The van der Waals surface area contributed by atoms with Crippen LogP contribution in [0.25, 0.3) is 22.4 Å². The van der Waals surface area contributed by atoms with Gasteiger partial charge in [-0.1, -0.05) is 36.4 Å². The van der Waals surface area contributed by atoms with Crippen molar-refractivity contribution in [2.24, 2.45) is 23.7 Å². The molecule has 1 N–H and O–H groups in total. The SMILES string of the molecule is Cc1cccc(-c2ccc(NC3C4CC5CC(C4)CC3C5)cc2)c1-c1ccccn1. The van der Waals surface area contributed by atoms with Crippen molar-refractivity contribution < 1.29 is 0 Å². The molecular formula is C28H30N2. The van der Waals surface area contributed by atoms with E-state index in [9.17, 15) is 0 Å². The van der Waals surface area contributed by atoms with E-state index in [0.717, 1.165) is 29.4 Å². The Morgan fingerprint density at radius 1 is 0.767 bits per heavy atom. The minimum absolute atomic E-state index is 0.687. The van der Waals surface area contributed by atoms with Crippen LogP contribution in [-0.2, 0) is 0 Å². The van der Waals surface area contributed by atoms with Crippen molar-refractivity contribution in [2.75, 3.05) is 5.32 Å². The molecule has 0 radical (unpaired) electrons. The van der Waals surface area contributed by atoms with E-state index >= 15 is 0 Å². The van der Waals surface area contributed by atoms with E-state index in [1.165, 1.54) is 60.0 Å². The van der Waals surface area contributed by atoms with Crippen LogP contribution in [-0.4, -0.2) is 11.0 Å². The molecule has 152 valence electrons. The summed E-state index contributed by atoms with van der Waals surface area (Å²) in [5, 5.41) is 3.95. The molecule has 4 fully saturated rings. The Morgan fingerprint density at radius 2 is 1.50 bits per heavy atom. The number of nitrogens with one attached hydrogen (secondary N) is 1. The van der Waals surface area contributed by atoms with Crippen molar-refractivity contribution >= 4 is 5.69 Å². The molecule has 4 bridgehead atoms. The first-order valence-corrected chi connectivity index (χ1v) is 11.6. The van der Waals surface area contributed by atoms with Crippen LogP contribution in [0.1, 0.15) is 37.7 Å². The Balaban J connectivity index is 1.27. The lowest BCUT2D eigenvalue weighted by Crippen LogP contribution is -2.51. The highest BCUT2D eigenvalue weighted by Gasteiger charge is 2.48. The zero-order valence-corrected chi connectivity index (χ0v) is 17.7. The Bertz CT molecular complexity index is 1010. The molecule has 1 aromatic heterocycles. The summed E-state index contributed by atoms with van der Waals surface area (Å²) in [4.78, 5) is 4.62. The van der Waals surface area contributed by atoms with Crippen LogP contribution in [0.5, 0.6) is 0 Å². The highest BCUT2D eigenvalue weighted by Crippen LogP contribution is 2.54. The van der Waals surface area contributed by atoms with Crippen LogP contribution in [0.2, 0.25) is 0 Å². The van der Waals surface area contributed by atoms with E-state index in [4.69, 9.17) is 0 Å². The summed E-state index contributed by atoms with van der Waals surface area (Å²) >= 11 is 0. The number of hydrogen-bond donors (Lipinski definition) is 1. The van der Waals surface area contributed by atoms with Gasteiger partial charge in [0, 0.05) is 23.5 Å². The monoisotopic (exact) mass is 394 g/mol. The van der Waals surface area contributed by atoms with Crippen LogP contribution in [0.4, 0.5) is 5.69 Å². The standard InChI is InChI=1S/C28H30N2/c1-18-5-4-6-25(27(18)26-7-2-3-12-29-26)21-8-10-24(11-9-21)30-28-22-14-19-13-20(16-22)17-23(28)15-19/h2-12,19-20,22-23,28,30H,13-17H2,1H3. The van der Waals surface area contributed by atoms with Gasteiger partial charge >= 0.3 is 0 Å². The predicted molar refractivity (Wildman–Crippen MR) is 124 cm³/mol. The van der Waals surface area contributed by atoms with Crippen molar-refractivity contribution in [1.29, 1.82) is 0 Å². The average Bonchev–Trinajstić information content (AvgIpc) is 2.77. The van der Waals surface area contributed by atoms with Crippen LogP contribution >= 0.6 is 0 Å². The summed E-state index contributed by atoms with van der Waals surface area (Å²) in [6.45, 7) is 2.18. The fourth-order valence-electron chi connectivity index (χ4n) is 6.86. The quantitative estimate of drug-likeness (QED) is 0.517. The lowest BCUT2D eigenvalue weighted by Gasteiger charge is -2.54. The summed E-state index contributed by atoms with van der Waals surface area (Å²) in [6.07, 6.45) is 9.23. The molecule has 4 saturated carbocycles. The Morgan fingerprint density at radius 3 is 2.17 bits per heavy atom. The van der Waals surface area contributed by atoms with Crippen LogP contribution < -0.4 is 5.32 Å². The molecule has 30 heavy (non-hydrogen) atoms. The molecule has 2 heteroatoms. The first-order valence-electron chi connectivity index (χ1n) is 11.6. The van der Waals surface area contributed by atoms with Gasteiger partial charge in [0.15, 0.2) is 0 Å². The van der Waals surface area contributed by atoms with Gasteiger partial charge in [0.05, 0.1) is 5.69 Å². The van der Waals surface area contributed by atoms with Gasteiger partial charge in [0.25, 0.3) is 0 Å². The van der Waals surface area contributed by atoms with Crippen molar-refractivity contribution in [1.82, 2.24) is 4.98 Å². The number of anilines is 1. The summed E-state index contributed by atoms with van der Waals surface area (Å²) < 4.78 is 0. The molecule has 0 atom stereocenters. The van der Waals surface area contributed by atoms with Gasteiger partial charge in [-0.3, -0.25) is 4.98 Å². The van der Waals surface area contributed by atoms with E-state index in [1.807, 2.05) is 12.3 Å². The van der Waals surface area contributed by atoms with Gasteiger partial charge in [-0.2, -0.15) is 0 Å². The maximum Gasteiger partial charge on any atom is 0.0710 e. The van der Waals surface area contributed by atoms with E-state index < -0.39 is 0 Å². The van der Waals surface area contributed by atoms with Gasteiger partial charge in [-0.15, -0.1) is 0 Å². The Hall–Kier alpha value is -2.61. The van der Waals surface area contributed by atoms with Gasteiger partial charge in [-0.25, -0.2) is 0 Å². The van der Waals surface area contributed by atoms with Gasteiger partial charge in [0.1, 0.15) is 0 Å². The van der Waals surface area contributed by atoms with Crippen molar-refractivity contribution in [2.45, 2.75) is 45.1 Å². The fourth-order valence-corrected chi connectivity index (χ4v) is 6.86. The van der Waals surface area contributed by atoms with E-state index in [2.05, 4.69) is 71.8 Å². The molecule has 2 nitrogen and oxygen atoms in total. The van der Waals surface area contributed by atoms with E-state index in [-0.39, 0.29) is 0 Å². The topological polar surface area (TPSA) is 24.9 Å². The molecule has 4 aliphatic carbocycles. The number of nitrogens with zero attached hydrogens (tertiary/aromatic N) is 1. The van der Waals surface area contributed by atoms with Crippen LogP contribution in [0.3, 0.4) is 0 Å². The molecule has 2 aromatic carbocycles. The second kappa shape index (κ2) is 7.27. The highest BCUT2D eigenvalue weighted by molar-refractivity contribution is 5.84. The molecule has 7 rings (SSSR count). The van der Waals surface area contributed by atoms with E-state index in [0.29, 0.717) is 6.04 Å². The summed E-state index contributed by atoms with van der Waals surface area (Å²) in [5.74, 6) is 3.85. The second-order valence-electron chi connectivity index (χ2n) is 9.89. The van der Waals surface area contributed by atoms with Gasteiger partial charge < -0.3 is 5.32 Å². The Kier molecular flexibility index (Phi) is 4.40. The van der Waals surface area contributed by atoms with Crippen molar-refractivity contribution in [3.8, 4) is 22.4 Å². The fraction of sp³-hybridized carbons (Fsp3) is 0.393. The minimum Gasteiger partial charge on any atom is -0.382 e. The zero-order chi connectivity index (χ0) is 20.1. The van der Waals surface area contributed by atoms with E-state index in [1.54, 1.807) is 0 Å². The van der Waals surface area contributed by atoms with Gasteiger partial charge in [-0.05, 0) is 104 Å². The predicted octanol–water partition coefficient (Wildman–Crippen LogP) is 6.96. The summed E-state index contributed by atoms with van der Waals surface area (Å²) in [5.41, 5.74) is 7.34. The molecule has 3 aromatic rings. The summed E-state index contributed by atoms with van der Waals surface area (Å²) in [7, 11) is 0. The molecular weight excluding hydrogens is 364 g/mol. The summed E-state index contributed by atoms with van der Waals surface area (Å²) in [6, 6.07) is 22.5. The zero-order valence-electron chi connectivity index (χ0n) is 17.7. The number of aromatic nitrogens is 1. The maximum atomic E-state index is 4.62. The number of hydrogen-bond acceptors (Lipinski definition) is 2. The number of rotatable bonds is 4. The average molecular weight is 395 g/mol. The molecule has 1 heterocycles. The second-order valence-corrected chi connectivity index (χ2v) is 9.89. The number of benzene rings is 2. The highest BCUT2D eigenvalue weighted by atomic mass is 14.9. The number of pyridine rings is 1. The normalized spacial score (nSPS) is 29.2. The van der Waals surface area contributed by atoms with Crippen molar-refractivity contribution in [3.63, 3.8) is 0 Å². The van der Waals surface area contributed by atoms with Gasteiger partial charge in [0.2, 0.25) is 0 Å². The Labute approximate surface area is 179 Å². The third-order valence-electron chi connectivity index (χ3n) is 7.95. The molecule has 0 unspecified atom stereocenters. The third kappa shape index (κ3) is 3.14. The first-order chi connectivity index (χ1) is 14.7. The molecule has 0 aliphatic heterocycles. The largest absolute Gasteiger partial charge is 0.382 e. The van der Waals surface area contributed by atoms with Crippen molar-refractivity contribution in [3.05, 3.63) is 72.4 Å². The minimum atomic E-state index is 0.687. The van der Waals surface area contributed by atoms with Crippen LogP contribution in [0, 0.1) is 30.6 Å². The van der Waals surface area contributed by atoms with Crippen LogP contribution in [0.15, 0.2) is 66.9 Å². The molecule has 4 aliphatic rings. The lowest BCUT2D eigenvalue weighted by molar-refractivity contribution is 0.00754. The molecule has 0 amide bonds. The lowest BCUT2D eigenvalue weighted by atomic mass is 9.54. The molecule has 0 saturated heterocycles. The maximum absolute atomic E-state index is 4.62. The molecule has 0 spiro atoms. The first kappa shape index (κ1) is 18.2. The number of aryl methyl sites for hydroxylation is 1. The smallest absolute Gasteiger partial charge is 0.0710 e.